The van der Waals surface area contributed by atoms with Crippen LogP contribution in [0.5, 0.6) is 0 Å². The second-order valence-corrected chi connectivity index (χ2v) is 15.0. The average Bonchev–Trinajstić information content (AvgIpc) is 3.20. The fourth-order valence-corrected chi connectivity index (χ4v) is 3.20. The van der Waals surface area contributed by atoms with Gasteiger partial charge in [-0.15, -0.1) is 0 Å². The van der Waals surface area contributed by atoms with Crippen molar-refractivity contribution in [3.63, 3.8) is 0 Å². The molecule has 0 aliphatic heterocycles. The maximum Gasteiger partial charge on any atom is 0.185 e. The summed E-state index contributed by atoms with van der Waals surface area (Å²) in [4.78, 5) is 10.9. The lowest BCUT2D eigenvalue weighted by atomic mass is 9.90. The molecule has 0 bridgehead atoms. The minimum atomic E-state index is 0.193. The highest BCUT2D eigenvalue weighted by atomic mass is 15.0. The predicted octanol–water partition coefficient (Wildman–Crippen LogP) is 7.02. The molecule has 1 rings (SSSR count). The van der Waals surface area contributed by atoms with Gasteiger partial charge in [0.15, 0.2) is 5.96 Å². The van der Waals surface area contributed by atoms with Crippen molar-refractivity contribution in [1.29, 1.82) is 0 Å². The van der Waals surface area contributed by atoms with E-state index in [4.69, 9.17) is 22.9 Å². The maximum absolute atomic E-state index is 5.36. The lowest BCUT2D eigenvalue weighted by molar-refractivity contribution is 0.361. The number of aromatic amines is 1. The number of unbranched alkanes of at least 4 members (excludes halogenated alkanes) is 1. The molecule has 9 N–H and O–H groups in total. The molecule has 0 unspecified atom stereocenters. The molecule has 1 aromatic rings. The molecule has 0 aliphatic carbocycles. The molecule has 0 amide bonds. The van der Waals surface area contributed by atoms with Crippen LogP contribution in [0.3, 0.4) is 0 Å². The molecular weight excluding hydrogens is 470 g/mol. The standard InChI is InChI=1S/C8H19N3.C8H14N2.C8H19N.C7H17N/c1-8(2,3)5-4-6-11-7(9)10;1-8(2,3)4-7-5-9-6-10-7;1-8(2,3)6-4-5-7-9;1-7(2,3)5-4-6-8/h4-6H2,1-3H3,(H4,9,10,11);5-6H,4H2,1-3H3,(H,9,10);4-7,9H2,1-3H3;4-6,8H2,1-3H3. The third-order valence-corrected chi connectivity index (χ3v) is 5.17. The van der Waals surface area contributed by atoms with Crippen molar-refractivity contribution in [1.82, 2.24) is 9.97 Å². The van der Waals surface area contributed by atoms with Crippen LogP contribution in [0.25, 0.3) is 0 Å². The van der Waals surface area contributed by atoms with Crippen LogP contribution in [0.1, 0.15) is 134 Å². The number of hydrogen-bond donors (Lipinski definition) is 5. The van der Waals surface area contributed by atoms with Crippen molar-refractivity contribution < 1.29 is 0 Å². The smallest absolute Gasteiger partial charge is 0.185 e. The second kappa shape index (κ2) is 21.2. The van der Waals surface area contributed by atoms with Crippen LogP contribution in [0.15, 0.2) is 17.5 Å². The number of rotatable bonds is 9. The van der Waals surface area contributed by atoms with E-state index in [0.29, 0.717) is 21.7 Å². The van der Waals surface area contributed by atoms with E-state index in [0.717, 1.165) is 45.3 Å². The number of hydrogen-bond acceptors (Lipinski definition) is 4. The van der Waals surface area contributed by atoms with Crippen molar-refractivity contribution in [3.05, 3.63) is 18.2 Å². The first-order valence-corrected chi connectivity index (χ1v) is 14.5. The molecule has 0 aromatic carbocycles. The highest BCUT2D eigenvalue weighted by Crippen LogP contribution is 2.21. The molecule has 0 saturated heterocycles. The van der Waals surface area contributed by atoms with Crippen LogP contribution >= 0.6 is 0 Å². The Balaban J connectivity index is -0.000000433. The van der Waals surface area contributed by atoms with Gasteiger partial charge >= 0.3 is 0 Å². The summed E-state index contributed by atoms with van der Waals surface area (Å²) < 4.78 is 0. The summed E-state index contributed by atoms with van der Waals surface area (Å²) in [5, 5.41) is 0. The predicted molar refractivity (Wildman–Crippen MR) is 171 cm³/mol. The van der Waals surface area contributed by atoms with Gasteiger partial charge in [0.05, 0.1) is 6.33 Å². The summed E-state index contributed by atoms with van der Waals surface area (Å²) in [6, 6.07) is 0. The van der Waals surface area contributed by atoms with Gasteiger partial charge in [-0.2, -0.15) is 0 Å². The summed E-state index contributed by atoms with van der Waals surface area (Å²) in [6.07, 6.45) is 13.0. The van der Waals surface area contributed by atoms with Crippen LogP contribution in [-0.4, -0.2) is 35.6 Å². The molecule has 7 nitrogen and oxygen atoms in total. The van der Waals surface area contributed by atoms with E-state index in [2.05, 4.69) is 98.0 Å². The minimum Gasteiger partial charge on any atom is -0.370 e. The molecule has 0 fully saturated rings. The number of nitrogens with two attached hydrogens (primary N) is 4. The van der Waals surface area contributed by atoms with Crippen LogP contribution < -0.4 is 22.9 Å². The van der Waals surface area contributed by atoms with E-state index in [9.17, 15) is 0 Å². The van der Waals surface area contributed by atoms with E-state index in [1.807, 2.05) is 6.20 Å². The van der Waals surface area contributed by atoms with E-state index >= 15 is 0 Å². The van der Waals surface area contributed by atoms with Gasteiger partial charge in [0.2, 0.25) is 0 Å². The van der Waals surface area contributed by atoms with Gasteiger partial charge in [0.1, 0.15) is 0 Å². The Morgan fingerprint density at radius 1 is 0.684 bits per heavy atom. The maximum atomic E-state index is 5.36. The SMILES string of the molecule is CC(C)(C)CCCCN.CC(C)(C)CCCN.CC(C)(C)CCCN=C(N)N.CC(C)(C)Cc1cnc[nH]1. The highest BCUT2D eigenvalue weighted by Gasteiger charge is 2.11. The Bertz CT molecular complexity index is 648. The Morgan fingerprint density at radius 3 is 1.45 bits per heavy atom. The van der Waals surface area contributed by atoms with Crippen LogP contribution in [0.4, 0.5) is 0 Å². The number of aliphatic imine (C=N–C) groups is 1. The monoisotopic (exact) mass is 540 g/mol. The summed E-state index contributed by atoms with van der Waals surface area (Å²) in [6.45, 7) is 29.2. The summed E-state index contributed by atoms with van der Waals surface area (Å²) in [5.41, 5.74) is 24.0. The van der Waals surface area contributed by atoms with Gasteiger partial charge in [0, 0.05) is 18.4 Å². The number of nitrogens with zero attached hydrogens (tertiary/aromatic N) is 2. The fourth-order valence-electron chi connectivity index (χ4n) is 3.20. The minimum absolute atomic E-state index is 0.193. The fraction of sp³-hybridized carbons (Fsp3) is 0.871. The van der Waals surface area contributed by atoms with E-state index < -0.39 is 0 Å². The molecule has 0 atom stereocenters. The zero-order chi connectivity index (χ0) is 30.5. The third-order valence-electron chi connectivity index (χ3n) is 5.17. The van der Waals surface area contributed by atoms with Gasteiger partial charge in [-0.05, 0) is 79.7 Å². The lowest BCUT2D eigenvalue weighted by Gasteiger charge is -2.16. The Morgan fingerprint density at radius 2 is 1.13 bits per heavy atom. The lowest BCUT2D eigenvalue weighted by Crippen LogP contribution is -2.23. The Hall–Kier alpha value is -1.60. The average molecular weight is 540 g/mol. The van der Waals surface area contributed by atoms with Crippen LogP contribution in [0, 0.1) is 21.7 Å². The molecule has 7 heteroatoms. The number of guanidine groups is 1. The van der Waals surface area contributed by atoms with Crippen molar-refractivity contribution >= 4 is 5.96 Å². The molecule has 38 heavy (non-hydrogen) atoms. The Kier molecular flexibility index (Phi) is 22.9. The Labute approximate surface area is 237 Å². The van der Waals surface area contributed by atoms with Gasteiger partial charge in [-0.1, -0.05) is 89.5 Å². The summed E-state index contributed by atoms with van der Waals surface area (Å²) in [5.74, 6) is 0.193. The molecular formula is C31H69N7. The largest absolute Gasteiger partial charge is 0.370 e. The third kappa shape index (κ3) is 44.4. The van der Waals surface area contributed by atoms with Crippen molar-refractivity contribution in [2.24, 2.45) is 49.6 Å². The van der Waals surface area contributed by atoms with Gasteiger partial charge in [0.25, 0.3) is 0 Å². The topological polar surface area (TPSA) is 145 Å². The molecule has 1 heterocycles. The first-order chi connectivity index (χ1) is 17.1. The second-order valence-electron chi connectivity index (χ2n) is 15.0. The zero-order valence-corrected chi connectivity index (χ0v) is 27.6. The van der Waals surface area contributed by atoms with Crippen LogP contribution in [0.2, 0.25) is 0 Å². The molecule has 0 spiro atoms. The first kappa shape index (κ1) is 40.9. The van der Waals surface area contributed by atoms with Crippen molar-refractivity contribution in [3.8, 4) is 0 Å². The quantitative estimate of drug-likeness (QED) is 0.130. The van der Waals surface area contributed by atoms with E-state index in [1.54, 1.807) is 6.33 Å². The summed E-state index contributed by atoms with van der Waals surface area (Å²) >= 11 is 0. The van der Waals surface area contributed by atoms with Gasteiger partial charge < -0.3 is 27.9 Å². The van der Waals surface area contributed by atoms with Crippen molar-refractivity contribution in [2.45, 2.75) is 134 Å². The van der Waals surface area contributed by atoms with Crippen LogP contribution in [-0.2, 0) is 6.42 Å². The molecule has 0 saturated carbocycles. The number of imidazole rings is 1. The molecule has 228 valence electrons. The number of H-pyrrole nitrogens is 1. The van der Waals surface area contributed by atoms with Gasteiger partial charge in [-0.25, -0.2) is 4.98 Å². The zero-order valence-electron chi connectivity index (χ0n) is 27.6. The van der Waals surface area contributed by atoms with E-state index in [1.165, 1.54) is 31.4 Å². The summed E-state index contributed by atoms with van der Waals surface area (Å²) in [7, 11) is 0. The number of nitrogens with one attached hydrogen (secondary N) is 1. The molecule has 0 radical (unpaired) electrons. The number of aromatic nitrogens is 2. The van der Waals surface area contributed by atoms with Crippen molar-refractivity contribution in [2.75, 3.05) is 19.6 Å². The normalized spacial score (nSPS) is 11.7. The molecule has 1 aromatic heterocycles. The van der Waals surface area contributed by atoms with E-state index in [-0.39, 0.29) is 5.96 Å². The molecule has 0 aliphatic rings. The first-order valence-electron chi connectivity index (χ1n) is 14.5. The van der Waals surface area contributed by atoms with Gasteiger partial charge in [-0.3, -0.25) is 4.99 Å². The highest BCUT2D eigenvalue weighted by molar-refractivity contribution is 5.75.